The molecule has 1 amide bonds. The topological polar surface area (TPSA) is 75.7 Å². The van der Waals surface area contributed by atoms with Crippen LogP contribution in [-0.2, 0) is 27.0 Å². The van der Waals surface area contributed by atoms with Crippen LogP contribution >= 0.6 is 0 Å². The van der Waals surface area contributed by atoms with E-state index in [0.717, 1.165) is 35.3 Å². The van der Waals surface area contributed by atoms with Crippen LogP contribution in [0.3, 0.4) is 0 Å². The Balaban J connectivity index is 1.42. The Morgan fingerprint density at radius 3 is 2.39 bits per heavy atom. The number of hydrogen-bond donors (Lipinski definition) is 1. The fourth-order valence-corrected chi connectivity index (χ4v) is 5.67. The van der Waals surface area contributed by atoms with Crippen molar-refractivity contribution in [3.63, 3.8) is 0 Å². The maximum absolute atomic E-state index is 12.8. The van der Waals surface area contributed by atoms with Crippen LogP contribution in [-0.4, -0.2) is 45.4 Å². The van der Waals surface area contributed by atoms with E-state index in [1.807, 2.05) is 55.5 Å². The number of sulfonamides is 1. The van der Waals surface area contributed by atoms with E-state index in [2.05, 4.69) is 5.32 Å². The molecule has 0 bridgehead atoms. The molecule has 168 valence electrons. The molecule has 0 aliphatic carbocycles. The summed E-state index contributed by atoms with van der Waals surface area (Å²) >= 11 is 0. The van der Waals surface area contributed by atoms with Crippen molar-refractivity contribution in [2.24, 2.45) is 5.92 Å². The molecular formula is C24H32N2O4S. The van der Waals surface area contributed by atoms with E-state index in [9.17, 15) is 13.2 Å². The monoisotopic (exact) mass is 444 g/mol. The predicted molar refractivity (Wildman–Crippen MR) is 122 cm³/mol. The van der Waals surface area contributed by atoms with Crippen molar-refractivity contribution >= 4 is 15.9 Å². The fraction of sp³-hybridized carbons (Fsp3) is 0.458. The molecule has 0 atom stereocenters. The van der Waals surface area contributed by atoms with Gasteiger partial charge in [-0.15, -0.1) is 0 Å². The van der Waals surface area contributed by atoms with Gasteiger partial charge in [-0.2, -0.15) is 0 Å². The Hall–Kier alpha value is -2.38. The van der Waals surface area contributed by atoms with Crippen molar-refractivity contribution in [2.45, 2.75) is 38.4 Å². The van der Waals surface area contributed by atoms with Gasteiger partial charge in [-0.1, -0.05) is 42.5 Å². The Kier molecular flexibility index (Phi) is 8.09. The minimum atomic E-state index is -3.38. The van der Waals surface area contributed by atoms with Gasteiger partial charge < -0.3 is 10.1 Å². The number of piperidine rings is 1. The second-order valence-electron chi connectivity index (χ2n) is 8.06. The summed E-state index contributed by atoms with van der Waals surface area (Å²) < 4.78 is 32.5. The largest absolute Gasteiger partial charge is 0.496 e. The van der Waals surface area contributed by atoms with Crippen LogP contribution in [0.4, 0.5) is 0 Å². The first kappa shape index (κ1) is 23.3. The van der Waals surface area contributed by atoms with Crippen molar-refractivity contribution in [3.05, 3.63) is 65.2 Å². The van der Waals surface area contributed by atoms with E-state index in [-0.39, 0.29) is 17.6 Å². The zero-order valence-corrected chi connectivity index (χ0v) is 19.2. The third-order valence-electron chi connectivity index (χ3n) is 5.93. The second kappa shape index (κ2) is 10.8. The summed E-state index contributed by atoms with van der Waals surface area (Å²) in [5.41, 5.74) is 2.94. The van der Waals surface area contributed by atoms with Gasteiger partial charge in [-0.25, -0.2) is 12.7 Å². The number of carbonyl (C=O) groups excluding carboxylic acids is 1. The van der Waals surface area contributed by atoms with E-state index < -0.39 is 10.0 Å². The normalized spacial score (nSPS) is 15.5. The highest BCUT2D eigenvalue weighted by atomic mass is 32.2. The van der Waals surface area contributed by atoms with Gasteiger partial charge in [0, 0.05) is 25.6 Å². The molecule has 1 aliphatic rings. The molecule has 0 spiro atoms. The van der Waals surface area contributed by atoms with Crippen molar-refractivity contribution in [3.8, 4) is 5.75 Å². The number of nitrogens with one attached hydrogen (secondary N) is 1. The average Bonchev–Trinajstić information content (AvgIpc) is 2.78. The molecule has 6 nitrogen and oxygen atoms in total. The predicted octanol–water partition coefficient (Wildman–Crippen LogP) is 3.29. The van der Waals surface area contributed by atoms with E-state index in [1.165, 1.54) is 4.31 Å². The minimum Gasteiger partial charge on any atom is -0.496 e. The smallest absolute Gasteiger partial charge is 0.223 e. The van der Waals surface area contributed by atoms with Crippen molar-refractivity contribution in [2.75, 3.05) is 26.7 Å². The molecule has 1 fully saturated rings. The van der Waals surface area contributed by atoms with Crippen LogP contribution in [0.15, 0.2) is 48.5 Å². The Morgan fingerprint density at radius 2 is 1.71 bits per heavy atom. The average molecular weight is 445 g/mol. The SMILES string of the molecule is COc1ccccc1CCCNC(=O)C1CCN(S(=O)(=O)Cc2ccccc2C)CC1. The highest BCUT2D eigenvalue weighted by Gasteiger charge is 2.31. The number of hydrogen-bond acceptors (Lipinski definition) is 4. The van der Waals surface area contributed by atoms with Gasteiger partial charge in [-0.3, -0.25) is 4.79 Å². The molecule has 0 unspecified atom stereocenters. The van der Waals surface area contributed by atoms with Crippen LogP contribution in [0, 0.1) is 12.8 Å². The first-order valence-corrected chi connectivity index (χ1v) is 12.4. The number of amides is 1. The highest BCUT2D eigenvalue weighted by molar-refractivity contribution is 7.88. The van der Waals surface area contributed by atoms with E-state index in [4.69, 9.17) is 4.74 Å². The first-order chi connectivity index (χ1) is 14.9. The number of rotatable bonds is 9. The minimum absolute atomic E-state index is 0.0134. The number of ether oxygens (including phenoxy) is 1. The number of para-hydroxylation sites is 1. The number of benzene rings is 2. The van der Waals surface area contributed by atoms with Crippen molar-refractivity contribution < 1.29 is 17.9 Å². The summed E-state index contributed by atoms with van der Waals surface area (Å²) in [7, 11) is -1.72. The molecule has 0 radical (unpaired) electrons. The standard InChI is InChI=1S/C24H32N2O4S/c1-19-8-3-4-10-22(19)18-31(28,29)26-16-13-21(14-17-26)24(27)25-15-7-11-20-9-5-6-12-23(20)30-2/h3-6,8-10,12,21H,7,11,13-18H2,1-2H3,(H,25,27). The lowest BCUT2D eigenvalue weighted by molar-refractivity contribution is -0.126. The van der Waals surface area contributed by atoms with E-state index >= 15 is 0 Å². The molecule has 31 heavy (non-hydrogen) atoms. The summed E-state index contributed by atoms with van der Waals surface area (Å²) in [4.78, 5) is 12.5. The lowest BCUT2D eigenvalue weighted by Gasteiger charge is -2.30. The zero-order valence-electron chi connectivity index (χ0n) is 18.3. The molecule has 7 heteroatoms. The maximum Gasteiger partial charge on any atom is 0.223 e. The Morgan fingerprint density at radius 1 is 1.06 bits per heavy atom. The summed E-state index contributed by atoms with van der Waals surface area (Å²) in [6.07, 6.45) is 2.78. The van der Waals surface area contributed by atoms with Crippen LogP contribution in [0.25, 0.3) is 0 Å². The van der Waals surface area contributed by atoms with E-state index in [0.29, 0.717) is 32.5 Å². The van der Waals surface area contributed by atoms with Crippen molar-refractivity contribution in [1.82, 2.24) is 9.62 Å². The van der Waals surface area contributed by atoms with Gasteiger partial charge in [0.15, 0.2) is 0 Å². The van der Waals surface area contributed by atoms with Gasteiger partial charge in [0.25, 0.3) is 0 Å². The van der Waals surface area contributed by atoms with Gasteiger partial charge >= 0.3 is 0 Å². The Bertz CT molecular complexity index is 983. The van der Waals surface area contributed by atoms with E-state index in [1.54, 1.807) is 7.11 Å². The lowest BCUT2D eigenvalue weighted by atomic mass is 9.97. The second-order valence-corrected chi connectivity index (χ2v) is 10.0. The summed E-state index contributed by atoms with van der Waals surface area (Å²) in [5, 5.41) is 3.01. The number of carbonyl (C=O) groups is 1. The molecule has 2 aromatic carbocycles. The third kappa shape index (κ3) is 6.31. The Labute approximate surface area is 185 Å². The van der Waals surface area contributed by atoms with Crippen LogP contribution in [0.5, 0.6) is 5.75 Å². The summed E-state index contributed by atoms with van der Waals surface area (Å²) in [6.45, 7) is 3.32. The highest BCUT2D eigenvalue weighted by Crippen LogP contribution is 2.23. The molecule has 0 saturated carbocycles. The van der Waals surface area contributed by atoms with Gasteiger partial charge in [0.1, 0.15) is 5.75 Å². The first-order valence-electron chi connectivity index (χ1n) is 10.8. The number of nitrogens with zero attached hydrogens (tertiary/aromatic N) is 1. The van der Waals surface area contributed by atoms with Crippen LogP contribution < -0.4 is 10.1 Å². The van der Waals surface area contributed by atoms with Gasteiger partial charge in [0.2, 0.25) is 15.9 Å². The summed E-state index contributed by atoms with van der Waals surface area (Å²) in [6, 6.07) is 15.5. The van der Waals surface area contributed by atoms with Gasteiger partial charge in [-0.05, 0) is 55.4 Å². The van der Waals surface area contributed by atoms with Crippen LogP contribution in [0.2, 0.25) is 0 Å². The summed E-state index contributed by atoms with van der Waals surface area (Å²) in [5.74, 6) is 0.778. The van der Waals surface area contributed by atoms with Crippen molar-refractivity contribution in [1.29, 1.82) is 0 Å². The maximum atomic E-state index is 12.8. The molecule has 2 aromatic rings. The molecular weight excluding hydrogens is 412 g/mol. The molecule has 1 N–H and O–H groups in total. The number of aryl methyl sites for hydroxylation is 2. The molecule has 0 aromatic heterocycles. The molecule has 3 rings (SSSR count). The third-order valence-corrected chi connectivity index (χ3v) is 7.76. The zero-order chi connectivity index (χ0) is 22.3. The fourth-order valence-electron chi connectivity index (χ4n) is 4.00. The molecule has 1 saturated heterocycles. The quantitative estimate of drug-likeness (QED) is 0.602. The van der Waals surface area contributed by atoms with Crippen LogP contribution in [0.1, 0.15) is 36.0 Å². The lowest BCUT2D eigenvalue weighted by Crippen LogP contribution is -2.43. The molecule has 1 aliphatic heterocycles. The molecule has 1 heterocycles. The number of methoxy groups -OCH3 is 1. The van der Waals surface area contributed by atoms with Gasteiger partial charge in [0.05, 0.1) is 12.9 Å².